The Balaban J connectivity index is 1.22. The van der Waals surface area contributed by atoms with Gasteiger partial charge in [-0.05, 0) is 48.9 Å². The number of ether oxygens (including phenoxy) is 3. The SMILES string of the molecule is COCCOCCSCC(=O)Nc1cc(COc2ccc(NC(=O)Nc3cc(C(C)(C)C)nn3-c3ccc(C)cc3)c3ccccc23)ccn1. The molecule has 3 aromatic carbocycles. The van der Waals surface area contributed by atoms with Crippen LogP contribution < -0.4 is 20.7 Å². The first-order chi connectivity index (χ1) is 24.1. The van der Waals surface area contributed by atoms with Crippen LogP contribution >= 0.6 is 11.8 Å². The van der Waals surface area contributed by atoms with Crippen LogP contribution in [0.3, 0.4) is 0 Å². The molecule has 0 bridgehead atoms. The Labute approximate surface area is 297 Å². The zero-order chi connectivity index (χ0) is 35.5. The second-order valence-electron chi connectivity index (χ2n) is 12.7. The van der Waals surface area contributed by atoms with E-state index >= 15 is 0 Å². The van der Waals surface area contributed by atoms with Crippen molar-refractivity contribution >= 4 is 51.8 Å². The van der Waals surface area contributed by atoms with Crippen molar-refractivity contribution in [2.24, 2.45) is 0 Å². The number of hydrogen-bond acceptors (Lipinski definition) is 8. The maximum absolute atomic E-state index is 13.4. The quantitative estimate of drug-likeness (QED) is 0.0956. The first kappa shape index (κ1) is 36.4. The van der Waals surface area contributed by atoms with E-state index in [4.69, 9.17) is 19.3 Å². The lowest BCUT2D eigenvalue weighted by Gasteiger charge is -2.15. The van der Waals surface area contributed by atoms with E-state index in [1.54, 1.807) is 24.1 Å². The van der Waals surface area contributed by atoms with Gasteiger partial charge in [-0.2, -0.15) is 5.10 Å². The Morgan fingerprint density at radius 1 is 0.880 bits per heavy atom. The van der Waals surface area contributed by atoms with Crippen molar-refractivity contribution in [1.29, 1.82) is 0 Å². The second kappa shape index (κ2) is 17.1. The predicted molar refractivity (Wildman–Crippen MR) is 201 cm³/mol. The summed E-state index contributed by atoms with van der Waals surface area (Å²) in [5, 5.41) is 15.4. The van der Waals surface area contributed by atoms with Crippen molar-refractivity contribution in [2.45, 2.75) is 39.7 Å². The van der Waals surface area contributed by atoms with Crippen molar-refractivity contribution < 1.29 is 23.8 Å². The van der Waals surface area contributed by atoms with Crippen LogP contribution in [0.2, 0.25) is 0 Å². The number of pyridine rings is 1. The number of urea groups is 1. The van der Waals surface area contributed by atoms with Crippen LogP contribution in [0.5, 0.6) is 5.75 Å². The lowest BCUT2D eigenvalue weighted by molar-refractivity contribution is -0.113. The summed E-state index contributed by atoms with van der Waals surface area (Å²) >= 11 is 1.49. The minimum atomic E-state index is -0.391. The normalized spacial score (nSPS) is 11.4. The van der Waals surface area contributed by atoms with E-state index in [1.807, 2.05) is 79.7 Å². The largest absolute Gasteiger partial charge is 0.488 e. The van der Waals surface area contributed by atoms with Crippen LogP contribution in [-0.2, 0) is 26.3 Å². The number of methoxy groups -OCH3 is 1. The predicted octanol–water partition coefficient (Wildman–Crippen LogP) is 7.58. The smallest absolute Gasteiger partial charge is 0.324 e. The van der Waals surface area contributed by atoms with E-state index in [-0.39, 0.29) is 17.9 Å². The highest BCUT2D eigenvalue weighted by molar-refractivity contribution is 7.99. The summed E-state index contributed by atoms with van der Waals surface area (Å²) < 4.78 is 18.4. The summed E-state index contributed by atoms with van der Waals surface area (Å²) in [6, 6.07) is 24.6. The average Bonchev–Trinajstić information content (AvgIpc) is 3.52. The number of aryl methyl sites for hydroxylation is 1. The number of rotatable bonds is 15. The molecule has 50 heavy (non-hydrogen) atoms. The van der Waals surface area contributed by atoms with E-state index in [2.05, 4.69) is 41.7 Å². The summed E-state index contributed by atoms with van der Waals surface area (Å²) in [6.45, 7) is 10.2. The van der Waals surface area contributed by atoms with E-state index in [9.17, 15) is 9.59 Å². The minimum absolute atomic E-state index is 0.134. The van der Waals surface area contributed by atoms with Crippen LogP contribution in [0.1, 0.15) is 37.6 Å². The minimum Gasteiger partial charge on any atom is -0.488 e. The molecule has 3 amide bonds. The Morgan fingerprint density at radius 3 is 2.42 bits per heavy atom. The first-order valence-electron chi connectivity index (χ1n) is 16.4. The number of nitrogens with one attached hydrogen (secondary N) is 3. The molecule has 0 saturated heterocycles. The molecule has 2 aromatic heterocycles. The lowest BCUT2D eigenvalue weighted by atomic mass is 9.92. The third-order valence-electron chi connectivity index (χ3n) is 7.65. The molecule has 0 radical (unpaired) electrons. The summed E-state index contributed by atoms with van der Waals surface area (Å²) in [5.74, 6) is 2.56. The van der Waals surface area contributed by atoms with E-state index in [0.717, 1.165) is 33.3 Å². The third kappa shape index (κ3) is 10.1. The fourth-order valence-electron chi connectivity index (χ4n) is 5.00. The molecule has 3 N–H and O–H groups in total. The number of nitrogens with zero attached hydrogens (tertiary/aromatic N) is 3. The second-order valence-corrected chi connectivity index (χ2v) is 13.8. The maximum Gasteiger partial charge on any atom is 0.324 e. The van der Waals surface area contributed by atoms with Gasteiger partial charge in [-0.15, -0.1) is 11.8 Å². The highest BCUT2D eigenvalue weighted by atomic mass is 32.2. The summed E-state index contributed by atoms with van der Waals surface area (Å²) in [6.07, 6.45) is 1.64. The maximum atomic E-state index is 13.4. The summed E-state index contributed by atoms with van der Waals surface area (Å²) in [7, 11) is 1.63. The molecule has 5 aromatic rings. The molecule has 0 aliphatic rings. The monoisotopic (exact) mass is 696 g/mol. The molecule has 0 aliphatic heterocycles. The van der Waals surface area contributed by atoms with Gasteiger partial charge in [-0.3, -0.25) is 10.1 Å². The van der Waals surface area contributed by atoms with E-state index in [0.29, 0.717) is 54.4 Å². The number of aromatic nitrogens is 3. The van der Waals surface area contributed by atoms with Crippen LogP contribution in [0, 0.1) is 6.92 Å². The van der Waals surface area contributed by atoms with Gasteiger partial charge in [0.25, 0.3) is 0 Å². The molecular weight excluding hydrogens is 653 g/mol. The Hall–Kier alpha value is -4.91. The topological polar surface area (TPSA) is 129 Å². The Kier molecular flexibility index (Phi) is 12.5. The number of amides is 3. The molecular formula is C38H44N6O5S. The number of thioether (sulfide) groups is 1. The highest BCUT2D eigenvalue weighted by Crippen LogP contribution is 2.33. The molecule has 0 spiro atoms. The molecule has 0 atom stereocenters. The van der Waals surface area contributed by atoms with Gasteiger partial charge in [0.15, 0.2) is 0 Å². The van der Waals surface area contributed by atoms with Crippen LogP contribution in [0.15, 0.2) is 85.1 Å². The molecule has 0 aliphatic carbocycles. The van der Waals surface area contributed by atoms with Crippen molar-refractivity contribution in [3.05, 3.63) is 102 Å². The zero-order valence-corrected chi connectivity index (χ0v) is 29.9. The molecule has 2 heterocycles. The standard InChI is InChI=1S/C38H44N6O5S/c1-26-10-12-28(13-11-26)44-35(23-33(43-44)38(2,3)4)42-37(46)40-31-14-15-32(30-9-7-6-8-29(30)31)49-24-27-16-17-39-34(22-27)41-36(45)25-50-21-20-48-19-18-47-5/h6-17,22-23H,18-21,24-25H2,1-5H3,(H,39,41,45)(H2,40,42,46). The highest BCUT2D eigenvalue weighted by Gasteiger charge is 2.22. The van der Waals surface area contributed by atoms with Crippen molar-refractivity contribution in [2.75, 3.05) is 54.4 Å². The number of hydrogen-bond donors (Lipinski definition) is 3. The van der Waals surface area contributed by atoms with Crippen molar-refractivity contribution in [3.63, 3.8) is 0 Å². The summed E-state index contributed by atoms with van der Waals surface area (Å²) in [4.78, 5) is 30.1. The zero-order valence-electron chi connectivity index (χ0n) is 29.1. The van der Waals surface area contributed by atoms with Crippen molar-refractivity contribution in [1.82, 2.24) is 14.8 Å². The van der Waals surface area contributed by atoms with Gasteiger partial charge < -0.3 is 24.8 Å². The number of carbonyl (C=O) groups is 2. The van der Waals surface area contributed by atoms with Crippen LogP contribution in [-0.4, -0.2) is 65.1 Å². The van der Waals surface area contributed by atoms with Crippen molar-refractivity contribution in [3.8, 4) is 11.4 Å². The molecule has 12 heteroatoms. The third-order valence-corrected chi connectivity index (χ3v) is 8.57. The fraction of sp³-hybridized carbons (Fsp3) is 0.316. The van der Waals surface area contributed by atoms with Gasteiger partial charge in [-0.25, -0.2) is 14.5 Å². The molecule has 5 rings (SSSR count). The molecule has 0 saturated carbocycles. The molecule has 0 unspecified atom stereocenters. The van der Waals surface area contributed by atoms with Gasteiger partial charge in [0.05, 0.1) is 42.6 Å². The van der Waals surface area contributed by atoms with E-state index < -0.39 is 6.03 Å². The molecule has 0 fully saturated rings. The number of anilines is 3. The Bertz CT molecular complexity index is 1900. The van der Waals surface area contributed by atoms with Crippen LogP contribution in [0.25, 0.3) is 16.5 Å². The average molecular weight is 697 g/mol. The molecule has 11 nitrogen and oxygen atoms in total. The first-order valence-corrected chi connectivity index (χ1v) is 17.6. The fourth-order valence-corrected chi connectivity index (χ4v) is 5.63. The molecule has 262 valence electrons. The van der Waals surface area contributed by atoms with Gasteiger partial charge >= 0.3 is 6.03 Å². The van der Waals surface area contributed by atoms with Gasteiger partial charge in [0.1, 0.15) is 24.0 Å². The number of benzene rings is 3. The van der Waals surface area contributed by atoms with Gasteiger partial charge in [0.2, 0.25) is 5.91 Å². The van der Waals surface area contributed by atoms with E-state index in [1.165, 1.54) is 11.8 Å². The van der Waals surface area contributed by atoms with Gasteiger partial charge in [-0.1, -0.05) is 62.7 Å². The lowest BCUT2D eigenvalue weighted by Crippen LogP contribution is -2.21. The van der Waals surface area contributed by atoms with Gasteiger partial charge in [0, 0.05) is 41.3 Å². The summed E-state index contributed by atoms with van der Waals surface area (Å²) in [5.41, 5.74) is 4.13. The van der Waals surface area contributed by atoms with Crippen LogP contribution in [0.4, 0.5) is 22.1 Å². The Morgan fingerprint density at radius 2 is 1.66 bits per heavy atom. The number of fused-ring (bicyclic) bond motifs is 1. The number of carbonyl (C=O) groups excluding carboxylic acids is 2.